The molecule has 1 rings (SSSR count). The molecule has 0 aliphatic carbocycles. The van der Waals surface area contributed by atoms with Gasteiger partial charge in [0, 0.05) is 25.6 Å². The summed E-state index contributed by atoms with van der Waals surface area (Å²) >= 11 is 4.99. The van der Waals surface area contributed by atoms with E-state index in [2.05, 4.69) is 0 Å². The molecule has 1 unspecified atom stereocenters. The van der Waals surface area contributed by atoms with Gasteiger partial charge in [0.25, 0.3) is 0 Å². The third kappa shape index (κ3) is 4.70. The van der Waals surface area contributed by atoms with Crippen LogP contribution in [0.2, 0.25) is 0 Å². The van der Waals surface area contributed by atoms with Crippen molar-refractivity contribution in [3.63, 3.8) is 0 Å². The first-order chi connectivity index (χ1) is 8.69. The van der Waals surface area contributed by atoms with E-state index in [4.69, 9.17) is 28.2 Å². The largest absolute Gasteiger partial charge is 0.395 e. The van der Waals surface area contributed by atoms with Crippen molar-refractivity contribution in [1.29, 1.82) is 0 Å². The summed E-state index contributed by atoms with van der Waals surface area (Å²) in [5, 5.41) is 18.2. The van der Waals surface area contributed by atoms with Crippen LogP contribution < -0.4 is 5.73 Å². The number of hydrogen-bond donors (Lipinski definition) is 3. The fourth-order valence-electron chi connectivity index (χ4n) is 2.00. The molecule has 5 heteroatoms. The Bertz CT molecular complexity index is 353. The Morgan fingerprint density at radius 3 is 2.17 bits per heavy atom. The molecular weight excluding hydrogens is 248 g/mol. The molecular formula is C13H20N2O2S. The standard InChI is InChI=1S/C13H20N2O2S/c14-13(18)10-12(11-4-2-1-3-5-11)15(6-8-16)7-9-17/h1-5,12,16-17H,6-10H2,(H2,14,18). The number of thiocarbonyl (C=S) groups is 1. The van der Waals surface area contributed by atoms with Gasteiger partial charge in [-0.15, -0.1) is 0 Å². The second kappa shape index (κ2) is 8.16. The molecule has 0 bridgehead atoms. The van der Waals surface area contributed by atoms with E-state index in [1.807, 2.05) is 35.2 Å². The molecule has 4 N–H and O–H groups in total. The van der Waals surface area contributed by atoms with Crippen molar-refractivity contribution in [2.45, 2.75) is 12.5 Å². The third-order valence-electron chi connectivity index (χ3n) is 2.79. The average Bonchev–Trinajstić information content (AvgIpc) is 2.37. The predicted molar refractivity (Wildman–Crippen MR) is 76.3 cm³/mol. The summed E-state index contributed by atoms with van der Waals surface area (Å²) in [5.41, 5.74) is 6.73. The highest BCUT2D eigenvalue weighted by Crippen LogP contribution is 2.23. The lowest BCUT2D eigenvalue weighted by molar-refractivity contribution is 0.124. The lowest BCUT2D eigenvalue weighted by atomic mass is 10.0. The molecule has 100 valence electrons. The second-order valence-electron chi connectivity index (χ2n) is 4.08. The van der Waals surface area contributed by atoms with Gasteiger partial charge in [-0.3, -0.25) is 4.90 Å². The Kier molecular flexibility index (Phi) is 6.82. The Balaban J connectivity index is 2.91. The van der Waals surface area contributed by atoms with Crippen molar-refractivity contribution in [2.75, 3.05) is 26.3 Å². The number of aliphatic hydroxyl groups excluding tert-OH is 2. The van der Waals surface area contributed by atoms with Gasteiger partial charge in [-0.25, -0.2) is 0 Å². The Morgan fingerprint density at radius 1 is 1.17 bits per heavy atom. The van der Waals surface area contributed by atoms with E-state index in [-0.39, 0.29) is 19.3 Å². The van der Waals surface area contributed by atoms with Crippen molar-refractivity contribution in [1.82, 2.24) is 4.90 Å². The smallest absolute Gasteiger partial charge is 0.0746 e. The van der Waals surface area contributed by atoms with Crippen LogP contribution in [0.3, 0.4) is 0 Å². The maximum absolute atomic E-state index is 9.11. The first-order valence-corrected chi connectivity index (χ1v) is 6.39. The van der Waals surface area contributed by atoms with Crippen molar-refractivity contribution in [3.05, 3.63) is 35.9 Å². The summed E-state index contributed by atoms with van der Waals surface area (Å²) in [5.74, 6) is 0. The molecule has 4 nitrogen and oxygen atoms in total. The third-order valence-corrected chi connectivity index (χ3v) is 2.96. The van der Waals surface area contributed by atoms with Crippen LogP contribution in [-0.2, 0) is 0 Å². The van der Waals surface area contributed by atoms with Crippen LogP contribution in [0.1, 0.15) is 18.0 Å². The Hall–Kier alpha value is -1.01. The summed E-state index contributed by atoms with van der Waals surface area (Å²) < 4.78 is 0. The van der Waals surface area contributed by atoms with Gasteiger partial charge in [-0.2, -0.15) is 0 Å². The zero-order valence-electron chi connectivity index (χ0n) is 10.3. The Labute approximate surface area is 113 Å². The van der Waals surface area contributed by atoms with Crippen molar-refractivity contribution < 1.29 is 10.2 Å². The topological polar surface area (TPSA) is 69.7 Å². The van der Waals surface area contributed by atoms with Gasteiger partial charge >= 0.3 is 0 Å². The fraction of sp³-hybridized carbons (Fsp3) is 0.462. The predicted octanol–water partition coefficient (Wildman–Crippen LogP) is 0.690. The molecule has 0 fully saturated rings. The molecule has 18 heavy (non-hydrogen) atoms. The van der Waals surface area contributed by atoms with Gasteiger partial charge < -0.3 is 15.9 Å². The highest BCUT2D eigenvalue weighted by atomic mass is 32.1. The molecule has 0 heterocycles. The molecule has 0 saturated carbocycles. The summed E-state index contributed by atoms with van der Waals surface area (Å²) in [6.45, 7) is 1.06. The summed E-state index contributed by atoms with van der Waals surface area (Å²) in [7, 11) is 0. The van der Waals surface area contributed by atoms with Crippen LogP contribution in [0.4, 0.5) is 0 Å². The molecule has 0 radical (unpaired) electrons. The van der Waals surface area contributed by atoms with E-state index < -0.39 is 0 Å². The molecule has 0 amide bonds. The molecule has 0 aliphatic rings. The van der Waals surface area contributed by atoms with Crippen molar-refractivity contribution in [3.8, 4) is 0 Å². The van der Waals surface area contributed by atoms with Crippen LogP contribution >= 0.6 is 12.2 Å². The van der Waals surface area contributed by atoms with Gasteiger partial charge in [-0.05, 0) is 5.56 Å². The number of hydrogen-bond acceptors (Lipinski definition) is 4. The van der Waals surface area contributed by atoms with Gasteiger partial charge in [0.05, 0.1) is 18.2 Å². The first kappa shape index (κ1) is 15.0. The second-order valence-corrected chi connectivity index (χ2v) is 4.60. The van der Waals surface area contributed by atoms with Crippen LogP contribution in [0.25, 0.3) is 0 Å². The van der Waals surface area contributed by atoms with Crippen LogP contribution in [0.15, 0.2) is 30.3 Å². The average molecular weight is 268 g/mol. The molecule has 0 aliphatic heterocycles. The summed E-state index contributed by atoms with van der Waals surface area (Å²) in [6, 6.07) is 9.87. The molecule has 0 aromatic heterocycles. The lowest BCUT2D eigenvalue weighted by Gasteiger charge is -2.30. The van der Waals surface area contributed by atoms with E-state index in [0.29, 0.717) is 24.5 Å². The zero-order valence-corrected chi connectivity index (χ0v) is 11.1. The first-order valence-electron chi connectivity index (χ1n) is 5.98. The molecule has 1 atom stereocenters. The molecule has 1 aromatic rings. The van der Waals surface area contributed by atoms with Crippen LogP contribution in [0, 0.1) is 0 Å². The van der Waals surface area contributed by atoms with E-state index in [0.717, 1.165) is 5.56 Å². The normalized spacial score (nSPS) is 12.6. The van der Waals surface area contributed by atoms with Crippen molar-refractivity contribution >= 4 is 17.2 Å². The highest BCUT2D eigenvalue weighted by molar-refractivity contribution is 7.80. The number of aliphatic hydroxyl groups is 2. The van der Waals surface area contributed by atoms with Crippen LogP contribution in [0.5, 0.6) is 0 Å². The SMILES string of the molecule is NC(=S)CC(c1ccccc1)N(CCO)CCO. The number of benzene rings is 1. The zero-order chi connectivity index (χ0) is 13.4. The lowest BCUT2D eigenvalue weighted by Crippen LogP contribution is -2.35. The number of nitrogens with zero attached hydrogens (tertiary/aromatic N) is 1. The van der Waals surface area contributed by atoms with Gasteiger partial charge in [-0.1, -0.05) is 42.5 Å². The van der Waals surface area contributed by atoms with Gasteiger partial charge in [0.15, 0.2) is 0 Å². The monoisotopic (exact) mass is 268 g/mol. The summed E-state index contributed by atoms with van der Waals surface area (Å²) in [6.07, 6.45) is 0.541. The minimum Gasteiger partial charge on any atom is -0.395 e. The number of nitrogens with two attached hydrogens (primary N) is 1. The maximum atomic E-state index is 9.11. The molecule has 1 aromatic carbocycles. The minimum atomic E-state index is 0.00278. The number of rotatable bonds is 8. The van der Waals surface area contributed by atoms with E-state index in [1.165, 1.54) is 0 Å². The molecule has 0 saturated heterocycles. The van der Waals surface area contributed by atoms with Crippen molar-refractivity contribution in [2.24, 2.45) is 5.73 Å². The highest BCUT2D eigenvalue weighted by Gasteiger charge is 2.20. The minimum absolute atomic E-state index is 0.00278. The maximum Gasteiger partial charge on any atom is 0.0746 e. The quantitative estimate of drug-likeness (QED) is 0.605. The van der Waals surface area contributed by atoms with Crippen LogP contribution in [-0.4, -0.2) is 46.4 Å². The summed E-state index contributed by atoms with van der Waals surface area (Å²) in [4.78, 5) is 2.43. The van der Waals surface area contributed by atoms with E-state index in [1.54, 1.807) is 0 Å². The van der Waals surface area contributed by atoms with Gasteiger partial charge in [0.2, 0.25) is 0 Å². The molecule has 0 spiro atoms. The fourth-order valence-corrected chi connectivity index (χ4v) is 2.16. The Morgan fingerprint density at radius 2 is 1.72 bits per heavy atom. The van der Waals surface area contributed by atoms with Gasteiger partial charge in [0.1, 0.15) is 0 Å². The van der Waals surface area contributed by atoms with E-state index >= 15 is 0 Å². The van der Waals surface area contributed by atoms with E-state index in [9.17, 15) is 0 Å².